The van der Waals surface area contributed by atoms with E-state index in [0.29, 0.717) is 17.7 Å². The van der Waals surface area contributed by atoms with Crippen molar-refractivity contribution in [2.45, 2.75) is 19.8 Å². The van der Waals surface area contributed by atoms with Crippen LogP contribution in [0.4, 0.5) is 10.2 Å². The minimum absolute atomic E-state index is 0.0188. The fraction of sp³-hybridized carbons (Fsp3) is 0.333. The molecule has 3 N–H and O–H groups in total. The number of amides is 1. The first-order chi connectivity index (χ1) is 12.6. The van der Waals surface area contributed by atoms with Crippen LogP contribution < -0.4 is 15.8 Å². The zero-order chi connectivity index (χ0) is 18.9. The second-order valence-corrected chi connectivity index (χ2v) is 5.45. The third kappa shape index (κ3) is 4.66. The number of halogens is 1. The molecule has 136 valence electrons. The smallest absolute Gasteiger partial charge is 0.260 e. The highest BCUT2D eigenvalue weighted by Crippen LogP contribution is 2.26. The summed E-state index contributed by atoms with van der Waals surface area (Å²) in [5.74, 6) is -0.428. The van der Waals surface area contributed by atoms with Gasteiger partial charge in [-0.1, -0.05) is 25.5 Å². The van der Waals surface area contributed by atoms with Crippen molar-refractivity contribution in [3.05, 3.63) is 35.4 Å². The number of ether oxygens (including phenoxy) is 1. The number of benzene rings is 1. The number of alkyl halides is 1. The van der Waals surface area contributed by atoms with E-state index in [9.17, 15) is 9.18 Å². The van der Waals surface area contributed by atoms with Crippen LogP contribution in [0.25, 0.3) is 11.4 Å². The molecular weight excluding hydrogens is 337 g/mol. The first kappa shape index (κ1) is 19.1. The Kier molecular flexibility index (Phi) is 6.85. The lowest BCUT2D eigenvalue weighted by molar-refractivity contribution is 0.0948. The van der Waals surface area contributed by atoms with Gasteiger partial charge >= 0.3 is 0 Å². The summed E-state index contributed by atoms with van der Waals surface area (Å²) in [6.07, 6.45) is 1.73. The van der Waals surface area contributed by atoms with Gasteiger partial charge in [-0.25, -0.2) is 9.37 Å². The average molecular weight is 357 g/mol. The number of nitriles is 1. The first-order valence-electron chi connectivity index (χ1n) is 8.25. The highest BCUT2D eigenvalue weighted by Gasteiger charge is 2.21. The van der Waals surface area contributed by atoms with E-state index in [1.807, 2.05) is 13.0 Å². The maximum Gasteiger partial charge on any atom is 0.260 e. The maximum absolute atomic E-state index is 12.5. The molecule has 2 rings (SSSR count). The molecule has 0 bridgehead atoms. The molecule has 1 amide bonds. The molecule has 0 saturated carbocycles. The predicted molar refractivity (Wildman–Crippen MR) is 95.3 cm³/mol. The molecule has 0 atom stereocenters. The van der Waals surface area contributed by atoms with Crippen molar-refractivity contribution in [1.82, 2.24) is 15.3 Å². The SMILES string of the molecule is CCCCNC(=O)c1c(N)nc(-c2cccc(C#N)c2)nc1OCCF. The Bertz CT molecular complexity index is 820. The van der Waals surface area contributed by atoms with Gasteiger partial charge in [0.25, 0.3) is 5.91 Å². The van der Waals surface area contributed by atoms with Gasteiger partial charge in [-0.15, -0.1) is 0 Å². The fourth-order valence-corrected chi connectivity index (χ4v) is 2.23. The van der Waals surface area contributed by atoms with E-state index < -0.39 is 12.6 Å². The van der Waals surface area contributed by atoms with Crippen molar-refractivity contribution in [3.63, 3.8) is 0 Å². The summed E-state index contributed by atoms with van der Waals surface area (Å²) in [6.45, 7) is 1.48. The topological polar surface area (TPSA) is 114 Å². The summed E-state index contributed by atoms with van der Waals surface area (Å²) >= 11 is 0. The number of carbonyl (C=O) groups is 1. The second kappa shape index (κ2) is 9.32. The Morgan fingerprint density at radius 3 is 2.92 bits per heavy atom. The summed E-state index contributed by atoms with van der Waals surface area (Å²) in [4.78, 5) is 20.8. The van der Waals surface area contributed by atoms with Gasteiger partial charge in [-0.05, 0) is 18.6 Å². The van der Waals surface area contributed by atoms with Crippen molar-refractivity contribution in [2.75, 3.05) is 25.6 Å². The number of anilines is 1. The standard InChI is InChI=1S/C18H20FN5O2/c1-2-3-8-22-17(25)14-15(21)23-16(24-18(14)26-9-7-19)13-6-4-5-12(10-13)11-20/h4-6,10H,2-3,7-9H2,1H3,(H,22,25)(H2,21,23,24). The molecule has 26 heavy (non-hydrogen) atoms. The number of aromatic nitrogens is 2. The number of hydrogen-bond donors (Lipinski definition) is 2. The van der Waals surface area contributed by atoms with Crippen LogP contribution in [-0.2, 0) is 0 Å². The van der Waals surface area contributed by atoms with Crippen LogP contribution in [0.2, 0.25) is 0 Å². The quantitative estimate of drug-likeness (QED) is 0.702. The van der Waals surface area contributed by atoms with E-state index in [4.69, 9.17) is 15.7 Å². The van der Waals surface area contributed by atoms with Crippen LogP contribution in [0.5, 0.6) is 5.88 Å². The van der Waals surface area contributed by atoms with Crippen LogP contribution in [0.3, 0.4) is 0 Å². The Labute approximate surface area is 151 Å². The lowest BCUT2D eigenvalue weighted by Gasteiger charge is -2.13. The van der Waals surface area contributed by atoms with E-state index >= 15 is 0 Å². The average Bonchev–Trinajstić information content (AvgIpc) is 2.66. The van der Waals surface area contributed by atoms with Gasteiger partial charge < -0.3 is 15.8 Å². The van der Waals surface area contributed by atoms with Crippen molar-refractivity contribution >= 4 is 11.7 Å². The molecule has 0 aliphatic rings. The predicted octanol–water partition coefficient (Wildman–Crippen LogP) is 2.48. The van der Waals surface area contributed by atoms with Gasteiger partial charge in [0.2, 0.25) is 5.88 Å². The molecule has 0 spiro atoms. The highest BCUT2D eigenvalue weighted by atomic mass is 19.1. The van der Waals surface area contributed by atoms with Crippen LogP contribution >= 0.6 is 0 Å². The van der Waals surface area contributed by atoms with E-state index in [1.165, 1.54) is 0 Å². The third-order valence-corrected chi connectivity index (χ3v) is 3.51. The molecule has 7 nitrogen and oxygen atoms in total. The highest BCUT2D eigenvalue weighted by molar-refractivity contribution is 6.00. The summed E-state index contributed by atoms with van der Waals surface area (Å²) < 4.78 is 17.8. The molecule has 8 heteroatoms. The second-order valence-electron chi connectivity index (χ2n) is 5.45. The van der Waals surface area contributed by atoms with Gasteiger partial charge in [0, 0.05) is 12.1 Å². The zero-order valence-corrected chi connectivity index (χ0v) is 14.5. The zero-order valence-electron chi connectivity index (χ0n) is 14.5. The van der Waals surface area contributed by atoms with Crippen molar-refractivity contribution in [2.24, 2.45) is 0 Å². The maximum atomic E-state index is 12.5. The van der Waals surface area contributed by atoms with Crippen molar-refractivity contribution < 1.29 is 13.9 Å². The monoisotopic (exact) mass is 357 g/mol. The third-order valence-electron chi connectivity index (χ3n) is 3.51. The van der Waals surface area contributed by atoms with Gasteiger partial charge in [-0.3, -0.25) is 4.79 Å². The minimum Gasteiger partial charge on any atom is -0.474 e. The largest absolute Gasteiger partial charge is 0.474 e. The van der Waals surface area contributed by atoms with Crippen molar-refractivity contribution in [1.29, 1.82) is 5.26 Å². The number of carbonyl (C=O) groups excluding carboxylic acids is 1. The number of nitrogens with one attached hydrogen (secondary N) is 1. The van der Waals surface area contributed by atoms with Crippen molar-refractivity contribution in [3.8, 4) is 23.3 Å². The summed E-state index contributed by atoms with van der Waals surface area (Å²) in [7, 11) is 0. The Hall–Kier alpha value is -3.21. The van der Waals surface area contributed by atoms with Gasteiger partial charge in [-0.2, -0.15) is 10.2 Å². The molecule has 1 aromatic heterocycles. The first-order valence-corrected chi connectivity index (χ1v) is 8.25. The van der Waals surface area contributed by atoms with Crippen LogP contribution in [0, 0.1) is 11.3 Å². The fourth-order valence-electron chi connectivity index (χ4n) is 2.23. The summed E-state index contributed by atoms with van der Waals surface area (Å²) in [5.41, 5.74) is 6.91. The molecule has 2 aromatic rings. The van der Waals surface area contributed by atoms with Crippen LogP contribution in [0.1, 0.15) is 35.7 Å². The number of hydrogen-bond acceptors (Lipinski definition) is 6. The lowest BCUT2D eigenvalue weighted by atomic mass is 10.1. The number of rotatable bonds is 8. The summed E-state index contributed by atoms with van der Waals surface area (Å²) in [6, 6.07) is 8.65. The van der Waals surface area contributed by atoms with E-state index in [2.05, 4.69) is 15.3 Å². The molecular formula is C18H20FN5O2. The number of nitrogens with zero attached hydrogens (tertiary/aromatic N) is 3. The van der Waals surface area contributed by atoms with E-state index in [1.54, 1.807) is 24.3 Å². The van der Waals surface area contributed by atoms with E-state index in [-0.39, 0.29) is 29.7 Å². The number of unbranched alkanes of at least 4 members (excludes halogenated alkanes) is 1. The van der Waals surface area contributed by atoms with Gasteiger partial charge in [0.1, 0.15) is 24.7 Å². The number of nitrogen functional groups attached to an aromatic ring is 1. The normalized spacial score (nSPS) is 10.2. The van der Waals surface area contributed by atoms with E-state index in [0.717, 1.165) is 12.8 Å². The minimum atomic E-state index is -0.736. The Morgan fingerprint density at radius 1 is 1.42 bits per heavy atom. The molecule has 0 aliphatic heterocycles. The van der Waals surface area contributed by atoms with Gasteiger partial charge in [0.05, 0.1) is 11.6 Å². The van der Waals surface area contributed by atoms with Crippen LogP contribution in [0.15, 0.2) is 24.3 Å². The molecule has 0 fully saturated rings. The molecule has 1 heterocycles. The molecule has 0 unspecified atom stereocenters. The molecule has 0 saturated heterocycles. The number of nitrogens with two attached hydrogens (primary N) is 1. The van der Waals surface area contributed by atoms with Crippen LogP contribution in [-0.4, -0.2) is 35.7 Å². The summed E-state index contributed by atoms with van der Waals surface area (Å²) in [5, 5.41) is 11.7. The molecule has 0 aliphatic carbocycles. The molecule has 1 aromatic carbocycles. The Morgan fingerprint density at radius 2 is 2.23 bits per heavy atom. The Balaban J connectivity index is 2.43. The molecule has 0 radical (unpaired) electrons. The lowest BCUT2D eigenvalue weighted by Crippen LogP contribution is -2.27. The van der Waals surface area contributed by atoms with Gasteiger partial charge in [0.15, 0.2) is 5.82 Å².